The van der Waals surface area contributed by atoms with E-state index in [1.165, 1.54) is 13.3 Å². The molecule has 0 spiro atoms. The summed E-state index contributed by atoms with van der Waals surface area (Å²) in [6.07, 6.45) is 1.54. The predicted octanol–water partition coefficient (Wildman–Crippen LogP) is 3.59. The second-order valence-corrected chi connectivity index (χ2v) is 10.9. The summed E-state index contributed by atoms with van der Waals surface area (Å²) in [5.74, 6) is -2.03. The third-order valence-corrected chi connectivity index (χ3v) is 6.32. The Morgan fingerprint density at radius 1 is 0.976 bits per heavy atom. The summed E-state index contributed by atoms with van der Waals surface area (Å²) in [5, 5.41) is 2.62. The van der Waals surface area contributed by atoms with E-state index in [9.17, 15) is 19.2 Å². The van der Waals surface area contributed by atoms with E-state index in [0.717, 1.165) is 16.0 Å². The van der Waals surface area contributed by atoms with Gasteiger partial charge in [-0.2, -0.15) is 0 Å². The van der Waals surface area contributed by atoms with Crippen LogP contribution < -0.4 is 11.1 Å². The number of imide groups is 1. The van der Waals surface area contributed by atoms with Crippen LogP contribution in [0.2, 0.25) is 0 Å². The number of nitrogens with one attached hydrogen (secondary N) is 2. The Morgan fingerprint density at radius 3 is 2.14 bits per heavy atom. The molecule has 3 aromatic rings. The average Bonchev–Trinajstić information content (AvgIpc) is 3.36. The molecule has 4 N–H and O–H groups in total. The van der Waals surface area contributed by atoms with Crippen molar-refractivity contribution in [3.63, 3.8) is 0 Å². The molecule has 0 saturated heterocycles. The van der Waals surface area contributed by atoms with Crippen molar-refractivity contribution in [2.45, 2.75) is 70.6 Å². The van der Waals surface area contributed by atoms with Crippen LogP contribution in [-0.4, -0.2) is 63.5 Å². The monoisotopic (exact) mass is 577 g/mol. The smallest absolute Gasteiger partial charge is 0.408 e. The number of rotatable bonds is 12. The van der Waals surface area contributed by atoms with Crippen LogP contribution in [0, 0.1) is 0 Å². The lowest BCUT2D eigenvalue weighted by molar-refractivity contribution is -0.160. The first kappa shape index (κ1) is 31.9. The number of aromatic amines is 1. The van der Waals surface area contributed by atoms with Gasteiger partial charge in [-0.1, -0.05) is 60.7 Å². The summed E-state index contributed by atoms with van der Waals surface area (Å²) >= 11 is 0. The van der Waals surface area contributed by atoms with Crippen LogP contribution in [0.4, 0.5) is 10.7 Å². The molecule has 11 heteroatoms. The van der Waals surface area contributed by atoms with Gasteiger partial charge in [-0.05, 0) is 44.7 Å². The van der Waals surface area contributed by atoms with Crippen molar-refractivity contribution in [1.29, 1.82) is 0 Å². The number of esters is 1. The minimum absolute atomic E-state index is 0.0241. The zero-order chi connectivity index (χ0) is 30.7. The molecule has 224 valence electrons. The number of ether oxygens (including phenoxy) is 2. The number of imidazole rings is 1. The number of carbonyl (C=O) groups excluding carboxylic acids is 4. The van der Waals surface area contributed by atoms with Crippen molar-refractivity contribution in [1.82, 2.24) is 20.2 Å². The molecule has 0 unspecified atom stereocenters. The van der Waals surface area contributed by atoms with Crippen LogP contribution in [0.3, 0.4) is 0 Å². The number of nitrogen functional groups attached to an aromatic ring is 1. The van der Waals surface area contributed by atoms with Crippen LogP contribution in [0.1, 0.15) is 50.4 Å². The Balaban J connectivity index is 1.96. The first-order valence-electron chi connectivity index (χ1n) is 13.8. The fourth-order valence-electron chi connectivity index (χ4n) is 4.43. The third kappa shape index (κ3) is 9.76. The fourth-order valence-corrected chi connectivity index (χ4v) is 4.43. The highest BCUT2D eigenvalue weighted by molar-refractivity contribution is 6.02. The van der Waals surface area contributed by atoms with E-state index >= 15 is 0 Å². The Morgan fingerprint density at radius 2 is 1.60 bits per heavy atom. The normalized spacial score (nSPS) is 12.6. The lowest BCUT2D eigenvalue weighted by Gasteiger charge is -2.32. The van der Waals surface area contributed by atoms with Crippen LogP contribution in [0.25, 0.3) is 0 Å². The van der Waals surface area contributed by atoms with Crippen molar-refractivity contribution in [3.05, 3.63) is 83.7 Å². The molecule has 42 heavy (non-hydrogen) atoms. The van der Waals surface area contributed by atoms with Gasteiger partial charge >= 0.3 is 12.1 Å². The number of anilines is 1. The molecule has 0 bridgehead atoms. The van der Waals surface area contributed by atoms with E-state index < -0.39 is 41.6 Å². The van der Waals surface area contributed by atoms with Gasteiger partial charge in [0.15, 0.2) is 5.95 Å². The van der Waals surface area contributed by atoms with Gasteiger partial charge in [0.25, 0.3) is 5.91 Å². The summed E-state index contributed by atoms with van der Waals surface area (Å²) in [7, 11) is 1.18. The predicted molar refractivity (Wildman–Crippen MR) is 157 cm³/mol. The van der Waals surface area contributed by atoms with Gasteiger partial charge in [-0.15, -0.1) is 0 Å². The number of methoxy groups -OCH3 is 1. The molecule has 0 aliphatic rings. The molecular formula is C31H39N5O6. The van der Waals surface area contributed by atoms with E-state index in [1.54, 1.807) is 45.0 Å². The lowest BCUT2D eigenvalue weighted by Crippen LogP contribution is -2.58. The molecule has 0 aliphatic carbocycles. The van der Waals surface area contributed by atoms with Gasteiger partial charge < -0.3 is 25.5 Å². The SMILES string of the molecule is COC(=O)[C@H](Cc1cnc(N)[nH]1)N(C(=O)CCCc1ccccc1)C(=O)[C@H](Cc1ccccc1)NC(=O)OC(C)(C)C. The minimum Gasteiger partial charge on any atom is -0.467 e. The van der Waals surface area contributed by atoms with Crippen molar-refractivity contribution < 1.29 is 28.7 Å². The number of aromatic nitrogens is 2. The quantitative estimate of drug-likeness (QED) is 0.276. The third-order valence-electron chi connectivity index (χ3n) is 6.32. The number of alkyl carbamates (subject to hydrolysis) is 1. The molecular weight excluding hydrogens is 538 g/mol. The average molecular weight is 578 g/mol. The molecule has 11 nitrogen and oxygen atoms in total. The highest BCUT2D eigenvalue weighted by Gasteiger charge is 2.40. The van der Waals surface area contributed by atoms with Crippen LogP contribution in [0.15, 0.2) is 66.9 Å². The largest absolute Gasteiger partial charge is 0.467 e. The molecule has 2 atom stereocenters. The molecule has 0 fully saturated rings. The van der Waals surface area contributed by atoms with Gasteiger partial charge in [-0.3, -0.25) is 14.5 Å². The van der Waals surface area contributed by atoms with Crippen molar-refractivity contribution in [2.75, 3.05) is 12.8 Å². The Bertz CT molecular complexity index is 1340. The number of amides is 3. The number of nitrogens with two attached hydrogens (primary N) is 1. The van der Waals surface area contributed by atoms with Gasteiger partial charge in [0.2, 0.25) is 5.91 Å². The standard InChI is InChI=1S/C31H39N5O6/c1-31(2,3)42-30(40)35-24(18-22-14-9-6-10-15-22)27(38)36(26(37)17-11-16-21-12-7-5-8-13-21)25(28(39)41-4)19-23-20-33-29(32)34-23/h5-10,12-15,20,24-25H,11,16-19H2,1-4H3,(H,35,40)(H3,32,33,34)/t24-,25-/m0/s1. The van der Waals surface area contributed by atoms with Crippen LogP contribution in [0.5, 0.6) is 0 Å². The number of hydrogen-bond acceptors (Lipinski definition) is 8. The second-order valence-electron chi connectivity index (χ2n) is 10.9. The van der Waals surface area contributed by atoms with E-state index in [-0.39, 0.29) is 25.2 Å². The van der Waals surface area contributed by atoms with E-state index in [1.807, 2.05) is 36.4 Å². The maximum absolute atomic E-state index is 14.3. The molecule has 1 aromatic heterocycles. The summed E-state index contributed by atoms with van der Waals surface area (Å²) in [6.45, 7) is 5.10. The van der Waals surface area contributed by atoms with Gasteiger partial charge in [0.1, 0.15) is 17.7 Å². The molecule has 1 heterocycles. The lowest BCUT2D eigenvalue weighted by atomic mass is 10.0. The highest BCUT2D eigenvalue weighted by Crippen LogP contribution is 2.18. The second kappa shape index (κ2) is 14.8. The summed E-state index contributed by atoms with van der Waals surface area (Å²) in [4.78, 5) is 61.7. The number of benzene rings is 2. The number of nitrogens with zero attached hydrogens (tertiary/aromatic N) is 2. The highest BCUT2D eigenvalue weighted by atomic mass is 16.6. The summed E-state index contributed by atoms with van der Waals surface area (Å²) in [6, 6.07) is 16.1. The molecule has 0 radical (unpaired) electrons. The number of aryl methyl sites for hydroxylation is 1. The number of hydrogen-bond donors (Lipinski definition) is 3. The summed E-state index contributed by atoms with van der Waals surface area (Å²) < 4.78 is 10.4. The molecule has 0 aliphatic heterocycles. The van der Waals surface area contributed by atoms with Crippen LogP contribution in [-0.2, 0) is 43.1 Å². The van der Waals surface area contributed by atoms with Crippen molar-refractivity contribution in [3.8, 4) is 0 Å². The van der Waals surface area contributed by atoms with Crippen LogP contribution >= 0.6 is 0 Å². The van der Waals surface area contributed by atoms with Crippen molar-refractivity contribution in [2.24, 2.45) is 0 Å². The zero-order valence-electron chi connectivity index (χ0n) is 24.5. The van der Waals surface area contributed by atoms with E-state index in [4.69, 9.17) is 15.2 Å². The van der Waals surface area contributed by atoms with Gasteiger partial charge in [0, 0.05) is 25.0 Å². The molecule has 3 amide bonds. The first-order chi connectivity index (χ1) is 20.0. The van der Waals surface area contributed by atoms with Gasteiger partial charge in [-0.25, -0.2) is 14.6 Å². The topological polar surface area (TPSA) is 157 Å². The van der Waals surface area contributed by atoms with Crippen molar-refractivity contribution >= 4 is 29.8 Å². The molecule has 0 saturated carbocycles. The molecule has 2 aromatic carbocycles. The van der Waals surface area contributed by atoms with Gasteiger partial charge in [0.05, 0.1) is 13.3 Å². The Labute approximate surface area is 245 Å². The first-order valence-corrected chi connectivity index (χ1v) is 13.8. The summed E-state index contributed by atoms with van der Waals surface area (Å²) in [5.41, 5.74) is 7.10. The Kier molecular flexibility index (Phi) is 11.2. The Hall–Kier alpha value is -4.67. The van der Waals surface area contributed by atoms with E-state index in [2.05, 4.69) is 15.3 Å². The fraction of sp³-hybridized carbons (Fsp3) is 0.387. The minimum atomic E-state index is -1.34. The van der Waals surface area contributed by atoms with E-state index in [0.29, 0.717) is 18.5 Å². The zero-order valence-corrected chi connectivity index (χ0v) is 24.5. The number of H-pyrrole nitrogens is 1. The maximum atomic E-state index is 14.3. The molecule has 3 rings (SSSR count). The maximum Gasteiger partial charge on any atom is 0.408 e. The number of carbonyl (C=O) groups is 4.